The third-order valence-electron chi connectivity index (χ3n) is 2.59. The van der Waals surface area contributed by atoms with Gasteiger partial charge in [0.05, 0.1) is 12.3 Å². The minimum atomic E-state index is 0.430. The number of nitrogens with zero attached hydrogens (tertiary/aromatic N) is 3. The van der Waals surface area contributed by atoms with E-state index in [1.54, 1.807) is 4.68 Å². The smallest absolute Gasteiger partial charge is 0.119 e. The fourth-order valence-corrected chi connectivity index (χ4v) is 1.66. The number of aromatic nitrogens is 3. The topological polar surface area (TPSA) is 66.0 Å². The molecule has 0 spiro atoms. The van der Waals surface area contributed by atoms with Crippen LogP contribution in [0.5, 0.6) is 5.75 Å². The first-order valence-corrected chi connectivity index (χ1v) is 6.06. The van der Waals surface area contributed by atoms with Crippen LogP contribution in [-0.4, -0.2) is 21.6 Å². The lowest BCUT2D eigenvalue weighted by Gasteiger charge is -2.06. The van der Waals surface area contributed by atoms with Crippen molar-refractivity contribution in [2.75, 3.05) is 6.61 Å². The molecule has 0 saturated carbocycles. The van der Waals surface area contributed by atoms with E-state index in [1.165, 1.54) is 5.56 Å². The van der Waals surface area contributed by atoms with E-state index in [9.17, 15) is 0 Å². The van der Waals surface area contributed by atoms with Crippen molar-refractivity contribution in [2.45, 2.75) is 26.4 Å². The fraction of sp³-hybridized carbons (Fsp3) is 0.385. The zero-order chi connectivity index (χ0) is 12.8. The molecule has 96 valence electrons. The average Bonchev–Trinajstić information content (AvgIpc) is 2.83. The Morgan fingerprint density at radius 1 is 1.39 bits per heavy atom. The number of hydrogen-bond acceptors (Lipinski definition) is 4. The van der Waals surface area contributed by atoms with Crippen molar-refractivity contribution >= 4 is 0 Å². The SMILES string of the molecule is Cc1cccc(OCCCn2cc(CN)nn2)c1. The zero-order valence-electron chi connectivity index (χ0n) is 10.5. The highest BCUT2D eigenvalue weighted by Crippen LogP contribution is 2.12. The minimum Gasteiger partial charge on any atom is -0.494 e. The molecule has 0 aliphatic rings. The van der Waals surface area contributed by atoms with Crippen LogP contribution in [0.25, 0.3) is 0 Å². The number of benzene rings is 1. The Bertz CT molecular complexity index is 495. The number of ether oxygens (including phenoxy) is 1. The van der Waals surface area contributed by atoms with Gasteiger partial charge in [0.2, 0.25) is 0 Å². The van der Waals surface area contributed by atoms with Gasteiger partial charge in [-0.3, -0.25) is 4.68 Å². The van der Waals surface area contributed by atoms with Gasteiger partial charge in [0, 0.05) is 25.7 Å². The van der Waals surface area contributed by atoms with E-state index in [4.69, 9.17) is 10.5 Å². The number of nitrogens with two attached hydrogens (primary N) is 1. The third kappa shape index (κ3) is 3.56. The molecule has 2 rings (SSSR count). The molecule has 0 amide bonds. The summed E-state index contributed by atoms with van der Waals surface area (Å²) in [4.78, 5) is 0. The number of hydrogen-bond donors (Lipinski definition) is 1. The van der Waals surface area contributed by atoms with Gasteiger partial charge in [-0.2, -0.15) is 0 Å². The van der Waals surface area contributed by atoms with Crippen LogP contribution in [0.4, 0.5) is 0 Å². The molecule has 1 aromatic heterocycles. The Morgan fingerprint density at radius 2 is 2.28 bits per heavy atom. The Balaban J connectivity index is 1.72. The summed E-state index contributed by atoms with van der Waals surface area (Å²) >= 11 is 0. The maximum absolute atomic E-state index is 5.66. The van der Waals surface area contributed by atoms with Gasteiger partial charge >= 0.3 is 0 Å². The third-order valence-corrected chi connectivity index (χ3v) is 2.59. The monoisotopic (exact) mass is 246 g/mol. The van der Waals surface area contributed by atoms with Crippen molar-refractivity contribution in [3.63, 3.8) is 0 Å². The molecular weight excluding hydrogens is 228 g/mol. The van der Waals surface area contributed by atoms with Crippen molar-refractivity contribution in [2.24, 2.45) is 5.73 Å². The summed E-state index contributed by atoms with van der Waals surface area (Å²) in [5.41, 5.74) is 7.49. The molecule has 0 unspecified atom stereocenters. The van der Waals surface area contributed by atoms with Gasteiger partial charge in [-0.05, 0) is 24.6 Å². The molecule has 1 aromatic carbocycles. The van der Waals surface area contributed by atoms with Crippen molar-refractivity contribution in [3.8, 4) is 5.75 Å². The zero-order valence-corrected chi connectivity index (χ0v) is 10.5. The van der Waals surface area contributed by atoms with Gasteiger partial charge in [0.25, 0.3) is 0 Å². The van der Waals surface area contributed by atoms with Crippen LogP contribution in [0.2, 0.25) is 0 Å². The largest absolute Gasteiger partial charge is 0.494 e. The molecule has 0 saturated heterocycles. The second-order valence-corrected chi connectivity index (χ2v) is 4.20. The van der Waals surface area contributed by atoms with E-state index in [0.29, 0.717) is 13.2 Å². The van der Waals surface area contributed by atoms with Crippen molar-refractivity contribution in [1.82, 2.24) is 15.0 Å². The highest BCUT2D eigenvalue weighted by Gasteiger charge is 1.99. The molecule has 5 heteroatoms. The second-order valence-electron chi connectivity index (χ2n) is 4.20. The summed E-state index contributed by atoms with van der Waals surface area (Å²) in [5, 5.41) is 7.91. The lowest BCUT2D eigenvalue weighted by atomic mass is 10.2. The molecule has 0 radical (unpaired) electrons. The normalized spacial score (nSPS) is 10.6. The molecule has 1 heterocycles. The maximum atomic E-state index is 5.66. The Hall–Kier alpha value is -1.88. The van der Waals surface area contributed by atoms with Gasteiger partial charge in [-0.15, -0.1) is 5.10 Å². The fourth-order valence-electron chi connectivity index (χ4n) is 1.66. The summed E-state index contributed by atoms with van der Waals surface area (Å²) in [6.45, 7) is 3.94. The average molecular weight is 246 g/mol. The summed E-state index contributed by atoms with van der Waals surface area (Å²) in [6, 6.07) is 8.04. The van der Waals surface area contributed by atoms with E-state index in [0.717, 1.165) is 24.4 Å². The first kappa shape index (κ1) is 12.6. The molecule has 0 aliphatic heterocycles. The predicted octanol–water partition coefficient (Wildman–Crippen LogP) is 1.51. The van der Waals surface area contributed by atoms with Crippen LogP contribution in [0.15, 0.2) is 30.5 Å². The lowest BCUT2D eigenvalue weighted by Crippen LogP contribution is -2.05. The predicted molar refractivity (Wildman–Crippen MR) is 69.2 cm³/mol. The molecule has 0 bridgehead atoms. The molecule has 0 fully saturated rings. The van der Waals surface area contributed by atoms with Gasteiger partial charge < -0.3 is 10.5 Å². The van der Waals surface area contributed by atoms with E-state index in [-0.39, 0.29) is 0 Å². The summed E-state index contributed by atoms with van der Waals surface area (Å²) in [6.07, 6.45) is 2.76. The van der Waals surface area contributed by atoms with Gasteiger partial charge in [0.1, 0.15) is 5.75 Å². The van der Waals surface area contributed by atoms with Crippen LogP contribution in [0.3, 0.4) is 0 Å². The maximum Gasteiger partial charge on any atom is 0.119 e. The molecule has 0 aliphatic carbocycles. The second kappa shape index (κ2) is 6.16. The van der Waals surface area contributed by atoms with Crippen LogP contribution >= 0.6 is 0 Å². The van der Waals surface area contributed by atoms with Crippen LogP contribution < -0.4 is 10.5 Å². The van der Waals surface area contributed by atoms with Crippen molar-refractivity contribution in [3.05, 3.63) is 41.7 Å². The summed E-state index contributed by atoms with van der Waals surface area (Å²) < 4.78 is 7.45. The van der Waals surface area contributed by atoms with Crippen LogP contribution in [0.1, 0.15) is 17.7 Å². The first-order chi connectivity index (χ1) is 8.78. The van der Waals surface area contributed by atoms with Gasteiger partial charge in [0.15, 0.2) is 0 Å². The summed E-state index contributed by atoms with van der Waals surface area (Å²) in [5.74, 6) is 0.913. The van der Waals surface area contributed by atoms with Crippen molar-refractivity contribution in [1.29, 1.82) is 0 Å². The Labute approximate surface area is 107 Å². The minimum absolute atomic E-state index is 0.430. The quantitative estimate of drug-likeness (QED) is 0.785. The van der Waals surface area contributed by atoms with E-state index < -0.39 is 0 Å². The lowest BCUT2D eigenvalue weighted by molar-refractivity contribution is 0.298. The van der Waals surface area contributed by atoms with Gasteiger partial charge in [-0.1, -0.05) is 17.3 Å². The van der Waals surface area contributed by atoms with E-state index >= 15 is 0 Å². The van der Waals surface area contributed by atoms with Crippen molar-refractivity contribution < 1.29 is 4.74 Å². The first-order valence-electron chi connectivity index (χ1n) is 6.06. The standard InChI is InChI=1S/C13H18N4O/c1-11-4-2-5-13(8-11)18-7-3-6-17-10-12(9-14)15-16-17/h2,4-5,8,10H,3,6-7,9,14H2,1H3. The van der Waals surface area contributed by atoms with E-state index in [1.807, 2.05) is 24.4 Å². The molecule has 0 atom stereocenters. The molecular formula is C13H18N4O. The number of rotatable bonds is 6. The highest BCUT2D eigenvalue weighted by molar-refractivity contribution is 5.27. The summed E-state index contributed by atoms with van der Waals surface area (Å²) in [7, 11) is 0. The van der Waals surface area contributed by atoms with Crippen LogP contribution in [-0.2, 0) is 13.1 Å². The molecule has 2 N–H and O–H groups in total. The Kier molecular flexibility index (Phi) is 4.30. The van der Waals surface area contributed by atoms with Crippen LogP contribution in [0, 0.1) is 6.92 Å². The van der Waals surface area contributed by atoms with Gasteiger partial charge in [-0.25, -0.2) is 0 Å². The molecule has 18 heavy (non-hydrogen) atoms. The molecule has 5 nitrogen and oxygen atoms in total. The highest BCUT2D eigenvalue weighted by atomic mass is 16.5. The van der Waals surface area contributed by atoms with E-state index in [2.05, 4.69) is 23.3 Å². The molecule has 2 aromatic rings. The number of aryl methyl sites for hydroxylation is 2. The Morgan fingerprint density at radius 3 is 3.00 bits per heavy atom.